The third-order valence-corrected chi connectivity index (χ3v) is 0.754. The highest BCUT2D eigenvalue weighted by atomic mass is 19.4. The smallest absolute Gasteiger partial charge is 0.426 e. The maximum absolute atomic E-state index is 11.7. The van der Waals surface area contributed by atoms with Gasteiger partial charge in [-0.25, -0.2) is 0 Å². The summed E-state index contributed by atoms with van der Waals surface area (Å²) in [6, 6.07) is 0. The Hall–Kier alpha value is -0.780. The molecule has 0 radical (unpaired) electrons. The summed E-state index contributed by atoms with van der Waals surface area (Å²) in [5.41, 5.74) is 0. The highest BCUT2D eigenvalue weighted by Crippen LogP contribution is 2.23. The number of carbonyl (C=O) groups is 1. The molecule has 1 atom stereocenters. The van der Waals surface area contributed by atoms with E-state index in [2.05, 4.69) is 9.47 Å². The summed E-state index contributed by atoms with van der Waals surface area (Å²) in [5, 5.41) is 0. The van der Waals surface area contributed by atoms with Crippen molar-refractivity contribution in [2.24, 2.45) is 0 Å². The van der Waals surface area contributed by atoms with E-state index in [-0.39, 0.29) is 0 Å². The Labute approximate surface area is 61.1 Å². The molecule has 0 N–H and O–H groups in total. The van der Waals surface area contributed by atoms with Crippen LogP contribution in [0, 0.1) is 0 Å². The van der Waals surface area contributed by atoms with Gasteiger partial charge < -0.3 is 9.47 Å². The van der Waals surface area contributed by atoms with Crippen LogP contribution in [-0.2, 0) is 14.3 Å². The van der Waals surface area contributed by atoms with Gasteiger partial charge in [-0.15, -0.1) is 0 Å². The number of alkyl halides is 3. The van der Waals surface area contributed by atoms with Crippen molar-refractivity contribution in [3.8, 4) is 0 Å². The molecule has 0 rings (SSSR count). The quantitative estimate of drug-likeness (QED) is 0.462. The molecular formula is C5H7F3O3. The van der Waals surface area contributed by atoms with Gasteiger partial charge in [-0.1, -0.05) is 0 Å². The van der Waals surface area contributed by atoms with E-state index in [4.69, 9.17) is 0 Å². The Morgan fingerprint density at radius 2 is 1.91 bits per heavy atom. The summed E-state index contributed by atoms with van der Waals surface area (Å²) in [5.74, 6) is -1.03. The molecular weight excluding hydrogens is 165 g/mol. The SMILES string of the molecule is COC(OC(C)=O)C(F)(F)F. The van der Waals surface area contributed by atoms with Crippen LogP contribution in [0.25, 0.3) is 0 Å². The summed E-state index contributed by atoms with van der Waals surface area (Å²) in [6.45, 7) is 0.873. The maximum atomic E-state index is 11.7. The van der Waals surface area contributed by atoms with Crippen LogP contribution >= 0.6 is 0 Å². The zero-order valence-electron chi connectivity index (χ0n) is 5.94. The van der Waals surface area contributed by atoms with Crippen molar-refractivity contribution in [1.82, 2.24) is 0 Å². The van der Waals surface area contributed by atoms with Crippen molar-refractivity contribution in [3.05, 3.63) is 0 Å². The minimum absolute atomic E-state index is 0.807. The van der Waals surface area contributed by atoms with Crippen molar-refractivity contribution in [3.63, 3.8) is 0 Å². The fourth-order valence-electron chi connectivity index (χ4n) is 0.399. The Morgan fingerprint density at radius 1 is 1.45 bits per heavy atom. The lowest BCUT2D eigenvalue weighted by molar-refractivity contribution is -0.292. The Bertz CT molecular complexity index is 142. The molecule has 0 saturated heterocycles. The summed E-state index contributed by atoms with van der Waals surface area (Å²) >= 11 is 0. The van der Waals surface area contributed by atoms with E-state index in [0.29, 0.717) is 0 Å². The first-order chi connectivity index (χ1) is 4.88. The lowest BCUT2D eigenvalue weighted by Gasteiger charge is -2.17. The van der Waals surface area contributed by atoms with Crippen LogP contribution in [0.3, 0.4) is 0 Å². The molecule has 66 valence electrons. The largest absolute Gasteiger partial charge is 0.452 e. The van der Waals surface area contributed by atoms with Gasteiger partial charge in [0.05, 0.1) is 0 Å². The molecule has 0 aromatic rings. The predicted octanol–water partition coefficient (Wildman–Crippen LogP) is 1.08. The molecule has 11 heavy (non-hydrogen) atoms. The fraction of sp³-hybridized carbons (Fsp3) is 0.800. The second-order valence-electron chi connectivity index (χ2n) is 1.72. The third kappa shape index (κ3) is 3.82. The molecule has 0 heterocycles. The molecule has 0 aliphatic rings. The van der Waals surface area contributed by atoms with E-state index in [1.807, 2.05) is 0 Å². The standard InChI is InChI=1S/C5H7F3O3/c1-3(9)11-4(10-2)5(6,7)8/h4H,1-2H3. The monoisotopic (exact) mass is 172 g/mol. The molecule has 0 fully saturated rings. The molecule has 3 nitrogen and oxygen atoms in total. The van der Waals surface area contributed by atoms with Crippen molar-refractivity contribution in [2.45, 2.75) is 19.4 Å². The van der Waals surface area contributed by atoms with Crippen LogP contribution in [0.1, 0.15) is 6.92 Å². The highest BCUT2D eigenvalue weighted by molar-refractivity contribution is 5.66. The average Bonchev–Trinajstić information content (AvgIpc) is 1.79. The lowest BCUT2D eigenvalue weighted by atomic mass is 10.6. The first-order valence-corrected chi connectivity index (χ1v) is 2.64. The Kier molecular flexibility index (Phi) is 3.31. The van der Waals surface area contributed by atoms with E-state index >= 15 is 0 Å². The van der Waals surface area contributed by atoms with Gasteiger partial charge in [0, 0.05) is 14.0 Å². The van der Waals surface area contributed by atoms with Crippen LogP contribution in [-0.4, -0.2) is 25.5 Å². The van der Waals surface area contributed by atoms with Gasteiger partial charge in [-0.2, -0.15) is 13.2 Å². The topological polar surface area (TPSA) is 35.5 Å². The van der Waals surface area contributed by atoms with Crippen LogP contribution in [0.15, 0.2) is 0 Å². The molecule has 0 saturated carbocycles. The molecule has 0 aliphatic carbocycles. The zero-order valence-corrected chi connectivity index (χ0v) is 5.94. The van der Waals surface area contributed by atoms with E-state index in [0.717, 1.165) is 14.0 Å². The van der Waals surface area contributed by atoms with E-state index in [9.17, 15) is 18.0 Å². The van der Waals surface area contributed by atoms with Gasteiger partial charge in [-0.05, 0) is 0 Å². The molecule has 0 aromatic heterocycles. The first-order valence-electron chi connectivity index (χ1n) is 2.64. The van der Waals surface area contributed by atoms with Crippen LogP contribution < -0.4 is 0 Å². The minimum Gasteiger partial charge on any atom is -0.426 e. The maximum Gasteiger partial charge on any atom is 0.452 e. The molecule has 0 aliphatic heterocycles. The van der Waals surface area contributed by atoms with Crippen LogP contribution in [0.5, 0.6) is 0 Å². The van der Waals surface area contributed by atoms with Gasteiger partial charge in [0.1, 0.15) is 0 Å². The molecule has 0 bridgehead atoms. The molecule has 0 aromatic carbocycles. The van der Waals surface area contributed by atoms with Crippen molar-refractivity contribution >= 4 is 5.97 Å². The number of methoxy groups -OCH3 is 1. The summed E-state index contributed by atoms with van der Waals surface area (Å²) in [4.78, 5) is 10.1. The van der Waals surface area contributed by atoms with Crippen molar-refractivity contribution < 1.29 is 27.4 Å². The number of rotatable bonds is 2. The number of hydrogen-bond acceptors (Lipinski definition) is 3. The summed E-state index contributed by atoms with van der Waals surface area (Å²) in [6.07, 6.45) is -7.12. The zero-order chi connectivity index (χ0) is 9.07. The third-order valence-electron chi connectivity index (χ3n) is 0.754. The van der Waals surface area contributed by atoms with Gasteiger partial charge >= 0.3 is 12.1 Å². The van der Waals surface area contributed by atoms with Crippen LogP contribution in [0.4, 0.5) is 13.2 Å². The summed E-state index contributed by atoms with van der Waals surface area (Å²) < 4.78 is 42.7. The Morgan fingerprint density at radius 3 is 2.00 bits per heavy atom. The molecule has 0 spiro atoms. The normalized spacial score (nSPS) is 14.3. The summed E-state index contributed by atoms with van der Waals surface area (Å²) in [7, 11) is 0.807. The number of hydrogen-bond donors (Lipinski definition) is 0. The number of halogens is 3. The first kappa shape index (κ1) is 10.2. The number of esters is 1. The predicted molar refractivity (Wildman–Crippen MR) is 28.6 cm³/mol. The molecule has 6 heteroatoms. The van der Waals surface area contributed by atoms with Crippen molar-refractivity contribution in [2.75, 3.05) is 7.11 Å². The van der Waals surface area contributed by atoms with Gasteiger partial charge in [-0.3, -0.25) is 4.79 Å². The van der Waals surface area contributed by atoms with E-state index < -0.39 is 18.4 Å². The van der Waals surface area contributed by atoms with Gasteiger partial charge in [0.25, 0.3) is 6.29 Å². The van der Waals surface area contributed by atoms with Crippen LogP contribution in [0.2, 0.25) is 0 Å². The van der Waals surface area contributed by atoms with Crippen molar-refractivity contribution in [1.29, 1.82) is 0 Å². The van der Waals surface area contributed by atoms with Gasteiger partial charge in [0.2, 0.25) is 0 Å². The fourth-order valence-corrected chi connectivity index (χ4v) is 0.399. The minimum atomic E-state index is -4.67. The average molecular weight is 172 g/mol. The van der Waals surface area contributed by atoms with E-state index in [1.54, 1.807) is 0 Å². The highest BCUT2D eigenvalue weighted by Gasteiger charge is 2.42. The second kappa shape index (κ2) is 3.56. The lowest BCUT2D eigenvalue weighted by Crippen LogP contribution is -2.34. The number of carbonyl (C=O) groups excluding carboxylic acids is 1. The molecule has 0 amide bonds. The van der Waals surface area contributed by atoms with E-state index in [1.165, 1.54) is 0 Å². The number of ether oxygens (including phenoxy) is 2. The molecule has 1 unspecified atom stereocenters. The second-order valence-corrected chi connectivity index (χ2v) is 1.72. The Balaban J connectivity index is 4.07. The van der Waals surface area contributed by atoms with Gasteiger partial charge in [0.15, 0.2) is 0 Å².